The molecule has 1 unspecified atom stereocenters. The molecule has 5 aromatic rings. The molecule has 1 N–H and O–H groups in total. The summed E-state index contributed by atoms with van der Waals surface area (Å²) in [7, 11) is 0. The van der Waals surface area contributed by atoms with Crippen LogP contribution < -0.4 is 19.6 Å². The Labute approximate surface area is 245 Å². The second-order valence-corrected chi connectivity index (χ2v) is 11.2. The van der Waals surface area contributed by atoms with Crippen LogP contribution in [0.4, 0.5) is 0 Å². The summed E-state index contributed by atoms with van der Waals surface area (Å²) in [6.07, 6.45) is 3.47. The highest BCUT2D eigenvalue weighted by atomic mass is 32.1. The molecule has 3 heterocycles. The zero-order valence-electron chi connectivity index (χ0n) is 22.7. The number of aryl methyl sites for hydroxylation is 1. The van der Waals surface area contributed by atoms with Gasteiger partial charge in [0, 0.05) is 17.2 Å². The number of thiazole rings is 1. The Balaban J connectivity index is 1.34. The van der Waals surface area contributed by atoms with Gasteiger partial charge in [-0.25, -0.2) is 9.79 Å². The molecule has 7 rings (SSSR count). The van der Waals surface area contributed by atoms with Crippen LogP contribution >= 0.6 is 11.3 Å². The summed E-state index contributed by atoms with van der Waals surface area (Å²) in [6, 6.07) is 26.2. The van der Waals surface area contributed by atoms with E-state index in [1.54, 1.807) is 30.3 Å². The number of fused-ring (bicyclic) bond motifs is 3. The first-order chi connectivity index (χ1) is 20.5. The third-order valence-electron chi connectivity index (χ3n) is 7.70. The first-order valence-corrected chi connectivity index (χ1v) is 14.6. The number of hydrogen-bond acceptors (Lipinski definition) is 6. The number of ether oxygens (including phenoxy) is 1. The number of carbonyl (C=O) groups is 1. The maximum Gasteiger partial charge on any atom is 0.335 e. The molecule has 208 valence electrons. The average Bonchev–Trinajstić information content (AvgIpc) is 3.61. The van der Waals surface area contributed by atoms with E-state index < -0.39 is 5.97 Å². The van der Waals surface area contributed by atoms with Gasteiger partial charge in [-0.1, -0.05) is 59.9 Å². The Morgan fingerprint density at radius 1 is 1.05 bits per heavy atom. The summed E-state index contributed by atoms with van der Waals surface area (Å²) in [6.45, 7) is 2.54. The van der Waals surface area contributed by atoms with Crippen molar-refractivity contribution in [1.82, 2.24) is 4.57 Å². The highest BCUT2D eigenvalue weighted by Crippen LogP contribution is 2.41. The Bertz CT molecular complexity index is 2050. The number of carboxylic acids is 1. The van der Waals surface area contributed by atoms with Gasteiger partial charge in [-0.05, 0) is 72.9 Å². The molecule has 7 nitrogen and oxygen atoms in total. The lowest BCUT2D eigenvalue weighted by Crippen LogP contribution is -2.38. The van der Waals surface area contributed by atoms with Crippen LogP contribution in [-0.2, 0) is 6.42 Å². The predicted octanol–water partition coefficient (Wildman–Crippen LogP) is 5.68. The van der Waals surface area contributed by atoms with Gasteiger partial charge in [-0.15, -0.1) is 0 Å². The molecule has 0 spiro atoms. The van der Waals surface area contributed by atoms with Crippen molar-refractivity contribution in [1.29, 1.82) is 0 Å². The van der Waals surface area contributed by atoms with Crippen molar-refractivity contribution in [2.45, 2.75) is 25.8 Å². The van der Waals surface area contributed by atoms with E-state index in [9.17, 15) is 14.7 Å². The minimum atomic E-state index is -0.981. The summed E-state index contributed by atoms with van der Waals surface area (Å²) in [5.74, 6) is 0.934. The van der Waals surface area contributed by atoms with Gasteiger partial charge in [0.1, 0.15) is 17.3 Å². The van der Waals surface area contributed by atoms with E-state index >= 15 is 0 Å². The van der Waals surface area contributed by atoms with Crippen molar-refractivity contribution >= 4 is 29.1 Å². The van der Waals surface area contributed by atoms with Crippen LogP contribution in [0, 0.1) is 0 Å². The van der Waals surface area contributed by atoms with Gasteiger partial charge in [0.25, 0.3) is 5.56 Å². The van der Waals surface area contributed by atoms with Crippen molar-refractivity contribution in [3.8, 4) is 17.1 Å². The number of furan rings is 1. The Hall–Kier alpha value is -4.95. The summed E-state index contributed by atoms with van der Waals surface area (Å²) >= 11 is 1.35. The first-order valence-electron chi connectivity index (χ1n) is 13.8. The number of nitrogens with zero attached hydrogens (tertiary/aromatic N) is 2. The number of hydrogen-bond donors (Lipinski definition) is 1. The zero-order chi connectivity index (χ0) is 28.8. The van der Waals surface area contributed by atoms with Crippen LogP contribution in [-0.4, -0.2) is 22.2 Å². The predicted molar refractivity (Wildman–Crippen MR) is 161 cm³/mol. The number of benzene rings is 3. The van der Waals surface area contributed by atoms with Crippen LogP contribution in [0.25, 0.3) is 23.1 Å². The molecule has 0 saturated carbocycles. The molecule has 2 aliphatic rings. The molecule has 1 aliphatic carbocycles. The van der Waals surface area contributed by atoms with E-state index in [2.05, 4.69) is 18.2 Å². The van der Waals surface area contributed by atoms with E-state index in [4.69, 9.17) is 14.1 Å². The van der Waals surface area contributed by atoms with Gasteiger partial charge in [0.2, 0.25) is 0 Å². The molecule has 1 aliphatic heterocycles. The van der Waals surface area contributed by atoms with Crippen LogP contribution in [0.3, 0.4) is 0 Å². The molecule has 0 bridgehead atoms. The van der Waals surface area contributed by atoms with E-state index in [0.29, 0.717) is 27.5 Å². The van der Waals surface area contributed by atoms with Crippen molar-refractivity contribution in [3.63, 3.8) is 0 Å². The number of allylic oxidation sites excluding steroid dienone is 1. The molecule has 0 saturated heterocycles. The topological polar surface area (TPSA) is 94.0 Å². The van der Waals surface area contributed by atoms with Crippen molar-refractivity contribution in [2.75, 3.05) is 6.61 Å². The van der Waals surface area contributed by atoms with Crippen molar-refractivity contribution in [2.24, 2.45) is 4.99 Å². The van der Waals surface area contributed by atoms with Crippen LogP contribution in [0.5, 0.6) is 5.75 Å². The third kappa shape index (κ3) is 4.50. The first kappa shape index (κ1) is 26.0. The normalized spacial score (nSPS) is 15.9. The monoisotopic (exact) mass is 574 g/mol. The fourth-order valence-electron chi connectivity index (χ4n) is 5.73. The number of aromatic nitrogens is 1. The lowest BCUT2D eigenvalue weighted by Gasteiger charge is -2.30. The van der Waals surface area contributed by atoms with Crippen LogP contribution in [0.2, 0.25) is 0 Å². The van der Waals surface area contributed by atoms with Gasteiger partial charge in [-0.2, -0.15) is 0 Å². The molecule has 42 heavy (non-hydrogen) atoms. The van der Waals surface area contributed by atoms with E-state index in [1.165, 1.54) is 16.9 Å². The molecule has 3 aromatic carbocycles. The molecule has 2 aromatic heterocycles. The summed E-state index contributed by atoms with van der Waals surface area (Å²) in [5, 5.41) is 9.18. The van der Waals surface area contributed by atoms with E-state index in [1.807, 2.05) is 54.0 Å². The third-order valence-corrected chi connectivity index (χ3v) is 8.68. The maximum absolute atomic E-state index is 14.0. The second kappa shape index (κ2) is 10.5. The Kier molecular flexibility index (Phi) is 6.47. The quantitative estimate of drug-likeness (QED) is 0.282. The Morgan fingerprint density at radius 3 is 2.60 bits per heavy atom. The molecular formula is C34H26N2O5S. The number of rotatable bonds is 6. The highest BCUT2D eigenvalue weighted by Gasteiger charge is 2.32. The van der Waals surface area contributed by atoms with Gasteiger partial charge in [-0.3, -0.25) is 9.36 Å². The zero-order valence-corrected chi connectivity index (χ0v) is 23.6. The minimum absolute atomic E-state index is 0.119. The lowest BCUT2D eigenvalue weighted by molar-refractivity contribution is 0.0697. The fraction of sp³-hybridized carbons (Fsp3) is 0.147. The molecule has 8 heteroatoms. The lowest BCUT2D eigenvalue weighted by atomic mass is 9.83. The molecule has 0 radical (unpaired) electrons. The van der Waals surface area contributed by atoms with Gasteiger partial charge in [0.15, 0.2) is 4.80 Å². The molecular weight excluding hydrogens is 548 g/mol. The van der Waals surface area contributed by atoms with Crippen molar-refractivity contribution in [3.05, 3.63) is 138 Å². The smallest absolute Gasteiger partial charge is 0.335 e. The maximum atomic E-state index is 14.0. The molecule has 0 fully saturated rings. The number of carboxylic acid groups (broad SMARTS) is 1. The van der Waals surface area contributed by atoms with Gasteiger partial charge < -0.3 is 14.3 Å². The summed E-state index contributed by atoms with van der Waals surface area (Å²) < 4.78 is 14.1. The van der Waals surface area contributed by atoms with E-state index in [-0.39, 0.29) is 17.2 Å². The van der Waals surface area contributed by atoms with E-state index in [0.717, 1.165) is 46.6 Å². The van der Waals surface area contributed by atoms with Crippen molar-refractivity contribution < 1.29 is 19.1 Å². The summed E-state index contributed by atoms with van der Waals surface area (Å²) in [5.41, 5.74) is 6.34. The van der Waals surface area contributed by atoms with Gasteiger partial charge >= 0.3 is 5.97 Å². The van der Waals surface area contributed by atoms with Crippen LogP contribution in [0.15, 0.2) is 105 Å². The number of aromatic carboxylic acids is 1. The highest BCUT2D eigenvalue weighted by molar-refractivity contribution is 7.07. The average molecular weight is 575 g/mol. The second-order valence-electron chi connectivity index (χ2n) is 10.2. The van der Waals surface area contributed by atoms with Gasteiger partial charge in [0.05, 0.1) is 28.4 Å². The Morgan fingerprint density at radius 2 is 1.83 bits per heavy atom. The summed E-state index contributed by atoms with van der Waals surface area (Å²) in [4.78, 5) is 30.9. The molecule has 0 amide bonds. The minimum Gasteiger partial charge on any atom is -0.494 e. The fourth-order valence-corrected chi connectivity index (χ4v) is 6.71. The standard InChI is InChI=1S/C34H26N2O5S/c1-2-40-24-14-11-22(12-15-24)31-27-17-13-20-5-3-4-6-26(20)30(27)35-34-36(31)32(37)29(42-34)19-25-16-18-28(41-25)21-7-9-23(10-8-21)33(38)39/h3-12,14-16,18-19,31H,2,13,17H2,1H3,(H,38,39). The largest absolute Gasteiger partial charge is 0.494 e. The SMILES string of the molecule is CCOc1ccc(C2C3=C(N=c4sc(=Cc5ccc(-c6ccc(C(=O)O)cc6)o5)c(=O)n42)c2ccccc2CC3)cc1. The van der Waals surface area contributed by atoms with Crippen LogP contribution in [0.1, 0.15) is 52.2 Å². The molecule has 1 atom stereocenters.